The zero-order chi connectivity index (χ0) is 12.4. The van der Waals surface area contributed by atoms with Gasteiger partial charge in [-0.2, -0.15) is 0 Å². The minimum atomic E-state index is -1.30. The van der Waals surface area contributed by atoms with Crippen molar-refractivity contribution in [3.63, 3.8) is 0 Å². The molecule has 2 aromatic rings. The lowest BCUT2D eigenvalue weighted by Crippen LogP contribution is -2.35. The topological polar surface area (TPSA) is 79.5 Å². The molecule has 7 heteroatoms. The quantitative estimate of drug-likeness (QED) is 0.489. The second-order valence-electron chi connectivity index (χ2n) is 3.14. The van der Waals surface area contributed by atoms with Gasteiger partial charge in [0.2, 0.25) is 0 Å². The second kappa shape index (κ2) is 4.48. The molecule has 0 fully saturated rings. The first kappa shape index (κ1) is 11.5. The van der Waals surface area contributed by atoms with E-state index in [1.54, 1.807) is 18.2 Å². The highest BCUT2D eigenvalue weighted by Crippen LogP contribution is 2.31. The highest BCUT2D eigenvalue weighted by molar-refractivity contribution is 7.19. The van der Waals surface area contributed by atoms with Crippen molar-refractivity contribution in [2.24, 2.45) is 5.84 Å². The van der Waals surface area contributed by atoms with E-state index in [1.165, 1.54) is 12.3 Å². The predicted molar refractivity (Wildman–Crippen MR) is 62.2 cm³/mol. The Labute approximate surface area is 99.9 Å². The fraction of sp³-hybridized carbons (Fsp3) is 0. The van der Waals surface area contributed by atoms with Crippen LogP contribution in [0.25, 0.3) is 10.6 Å². The summed E-state index contributed by atoms with van der Waals surface area (Å²) in [6, 6.07) is 6.13. The summed E-state index contributed by atoms with van der Waals surface area (Å²) in [5.41, 5.74) is 0.322. The molecule has 1 aromatic heterocycles. The first-order valence-corrected chi connectivity index (χ1v) is 5.39. The van der Waals surface area contributed by atoms with E-state index < -0.39 is 11.9 Å². The Bertz CT molecular complexity index is 558. The van der Waals surface area contributed by atoms with Crippen LogP contribution in [0.1, 0.15) is 0 Å². The van der Waals surface area contributed by atoms with Crippen molar-refractivity contribution in [2.75, 3.05) is 5.01 Å². The summed E-state index contributed by atoms with van der Waals surface area (Å²) < 4.78 is 13.4. The molecule has 0 bridgehead atoms. The number of carboxylic acid groups (broad SMARTS) is 1. The summed E-state index contributed by atoms with van der Waals surface area (Å²) in [6.07, 6.45) is -0.00525. The molecule has 0 unspecified atom stereocenters. The van der Waals surface area contributed by atoms with Crippen molar-refractivity contribution in [1.29, 1.82) is 0 Å². The first-order chi connectivity index (χ1) is 8.09. The monoisotopic (exact) mass is 253 g/mol. The number of hydrogen-bond donors (Lipinski definition) is 2. The molecule has 0 aliphatic heterocycles. The summed E-state index contributed by atoms with van der Waals surface area (Å²) in [5.74, 6) is 4.87. The Morgan fingerprint density at radius 3 is 2.82 bits per heavy atom. The molecular weight excluding hydrogens is 245 g/mol. The molecule has 0 saturated carbocycles. The van der Waals surface area contributed by atoms with Crippen LogP contribution in [-0.4, -0.2) is 16.2 Å². The molecule has 17 heavy (non-hydrogen) atoms. The largest absolute Gasteiger partial charge is 0.464 e. The molecule has 88 valence electrons. The first-order valence-electron chi connectivity index (χ1n) is 4.58. The molecule has 0 aliphatic carbocycles. The van der Waals surface area contributed by atoms with Crippen LogP contribution >= 0.6 is 11.3 Å². The minimum Gasteiger partial charge on any atom is -0.464 e. The fourth-order valence-electron chi connectivity index (χ4n) is 1.23. The minimum absolute atomic E-state index is 0.232. The maximum absolute atomic E-state index is 13.4. The van der Waals surface area contributed by atoms with Gasteiger partial charge in [0.15, 0.2) is 0 Å². The molecular formula is C10H8FN3O2S. The number of thiazole rings is 1. The van der Waals surface area contributed by atoms with Gasteiger partial charge in [0.05, 0.1) is 6.20 Å². The van der Waals surface area contributed by atoms with E-state index in [2.05, 4.69) is 4.98 Å². The summed E-state index contributed by atoms with van der Waals surface area (Å²) >= 11 is 1.01. The molecule has 2 rings (SSSR count). The van der Waals surface area contributed by atoms with Gasteiger partial charge in [0.1, 0.15) is 15.8 Å². The molecule has 0 aliphatic rings. The number of hydrogen-bond acceptors (Lipinski definition) is 4. The van der Waals surface area contributed by atoms with Crippen LogP contribution in [0.4, 0.5) is 14.2 Å². The van der Waals surface area contributed by atoms with Crippen molar-refractivity contribution < 1.29 is 14.3 Å². The lowest BCUT2D eigenvalue weighted by atomic mass is 10.2. The maximum Gasteiger partial charge on any atom is 0.427 e. The van der Waals surface area contributed by atoms with Crippen LogP contribution in [0.2, 0.25) is 0 Å². The molecule has 1 aromatic carbocycles. The summed E-state index contributed by atoms with van der Waals surface area (Å²) in [4.78, 5) is 14.6. The van der Waals surface area contributed by atoms with E-state index in [0.717, 1.165) is 11.3 Å². The SMILES string of the molecule is NN(C(=O)O)c1cnc(-c2ccccc2F)s1. The van der Waals surface area contributed by atoms with E-state index in [-0.39, 0.29) is 5.00 Å². The van der Waals surface area contributed by atoms with Crippen LogP contribution in [0, 0.1) is 5.82 Å². The third-order valence-corrected chi connectivity index (χ3v) is 3.07. The van der Waals surface area contributed by atoms with Gasteiger partial charge in [-0.25, -0.2) is 25.0 Å². The zero-order valence-corrected chi connectivity index (χ0v) is 9.32. The van der Waals surface area contributed by atoms with Crippen LogP contribution in [0.15, 0.2) is 30.5 Å². The van der Waals surface area contributed by atoms with E-state index in [9.17, 15) is 9.18 Å². The van der Waals surface area contributed by atoms with E-state index >= 15 is 0 Å². The zero-order valence-electron chi connectivity index (χ0n) is 8.50. The van der Waals surface area contributed by atoms with Crippen molar-refractivity contribution in [1.82, 2.24) is 4.98 Å². The number of carbonyl (C=O) groups is 1. The normalized spacial score (nSPS) is 10.2. The molecule has 0 spiro atoms. The number of aromatic nitrogens is 1. The smallest absolute Gasteiger partial charge is 0.427 e. The molecule has 0 atom stereocenters. The van der Waals surface area contributed by atoms with E-state index in [4.69, 9.17) is 10.9 Å². The summed E-state index contributed by atoms with van der Waals surface area (Å²) in [7, 11) is 0. The van der Waals surface area contributed by atoms with Gasteiger partial charge in [-0.3, -0.25) is 0 Å². The molecule has 0 radical (unpaired) electrons. The Kier molecular flexibility index (Phi) is 3.03. The Morgan fingerprint density at radius 2 is 2.18 bits per heavy atom. The third kappa shape index (κ3) is 2.24. The highest BCUT2D eigenvalue weighted by Gasteiger charge is 2.15. The van der Waals surface area contributed by atoms with Crippen molar-refractivity contribution in [3.05, 3.63) is 36.3 Å². The molecule has 1 heterocycles. The average Bonchev–Trinajstić information content (AvgIpc) is 2.77. The number of anilines is 1. The van der Waals surface area contributed by atoms with Crippen LogP contribution in [0.5, 0.6) is 0 Å². The maximum atomic E-state index is 13.4. The summed E-state index contributed by atoms with van der Waals surface area (Å²) in [6.45, 7) is 0. The third-order valence-electron chi connectivity index (χ3n) is 2.04. The standard InChI is InChI=1S/C10H8FN3O2S/c11-7-4-2-1-3-6(7)9-13-5-8(17-9)14(12)10(15)16/h1-5H,12H2,(H,15,16). The predicted octanol–water partition coefficient (Wildman–Crippen LogP) is 2.31. The number of nitrogens with two attached hydrogens (primary N) is 1. The second-order valence-corrected chi connectivity index (χ2v) is 4.15. The number of halogens is 1. The van der Waals surface area contributed by atoms with Crippen molar-refractivity contribution in [3.8, 4) is 10.6 Å². The van der Waals surface area contributed by atoms with Gasteiger partial charge in [-0.15, -0.1) is 0 Å². The van der Waals surface area contributed by atoms with Crippen molar-refractivity contribution in [2.45, 2.75) is 0 Å². The van der Waals surface area contributed by atoms with Gasteiger partial charge in [-0.05, 0) is 12.1 Å². The van der Waals surface area contributed by atoms with Gasteiger partial charge in [-0.1, -0.05) is 23.5 Å². The molecule has 1 amide bonds. The van der Waals surface area contributed by atoms with Gasteiger partial charge in [0, 0.05) is 5.56 Å². The van der Waals surface area contributed by atoms with E-state index in [1.807, 2.05) is 0 Å². The fourth-order valence-corrected chi connectivity index (χ4v) is 2.09. The number of benzene rings is 1. The number of hydrazine groups is 1. The van der Waals surface area contributed by atoms with Crippen LogP contribution in [0.3, 0.4) is 0 Å². The molecule has 0 saturated heterocycles. The number of rotatable bonds is 2. The van der Waals surface area contributed by atoms with Gasteiger partial charge < -0.3 is 5.11 Å². The summed E-state index contributed by atoms with van der Waals surface area (Å²) in [5, 5.41) is 9.84. The lowest BCUT2D eigenvalue weighted by molar-refractivity contribution is 0.202. The Hall–Kier alpha value is -1.99. The average molecular weight is 253 g/mol. The van der Waals surface area contributed by atoms with Gasteiger partial charge in [0.25, 0.3) is 0 Å². The lowest BCUT2D eigenvalue weighted by Gasteiger charge is -2.07. The number of amides is 1. The highest BCUT2D eigenvalue weighted by atomic mass is 32.1. The van der Waals surface area contributed by atoms with Crippen LogP contribution < -0.4 is 10.9 Å². The van der Waals surface area contributed by atoms with Crippen LogP contribution in [-0.2, 0) is 0 Å². The van der Waals surface area contributed by atoms with Crippen molar-refractivity contribution >= 4 is 22.4 Å². The molecule has 3 N–H and O–H groups in total. The van der Waals surface area contributed by atoms with Gasteiger partial charge >= 0.3 is 6.09 Å². The number of nitrogens with zero attached hydrogens (tertiary/aromatic N) is 2. The van der Waals surface area contributed by atoms with E-state index in [0.29, 0.717) is 15.6 Å². The Balaban J connectivity index is 2.37. The Morgan fingerprint density at radius 1 is 1.47 bits per heavy atom. The molecule has 5 nitrogen and oxygen atoms in total.